The number of hydrogen-bond acceptors (Lipinski definition) is 2. The zero-order chi connectivity index (χ0) is 10.5. The second-order valence-corrected chi connectivity index (χ2v) is 6.56. The first-order valence-electron chi connectivity index (χ1n) is 6.66. The quantitative estimate of drug-likeness (QED) is 0.796. The molecule has 1 heterocycles. The molecule has 0 aromatic heterocycles. The Kier molecular flexibility index (Phi) is 4.83. The number of rotatable bonds is 3. The monoisotopic (exact) mass is 228 g/mol. The molecular weight excluding hydrogens is 204 g/mol. The van der Waals surface area contributed by atoms with Crippen molar-refractivity contribution in [3.63, 3.8) is 0 Å². The van der Waals surface area contributed by atoms with Crippen LogP contribution < -0.4 is 0 Å². The molecule has 2 rings (SSSR count). The van der Waals surface area contributed by atoms with Crippen molar-refractivity contribution in [3.8, 4) is 0 Å². The van der Waals surface area contributed by atoms with Crippen molar-refractivity contribution in [2.75, 3.05) is 5.75 Å². The van der Waals surface area contributed by atoms with Gasteiger partial charge in [-0.3, -0.25) is 0 Å². The second-order valence-electron chi connectivity index (χ2n) is 5.21. The summed E-state index contributed by atoms with van der Waals surface area (Å²) in [6, 6.07) is 0. The molecule has 2 unspecified atom stereocenters. The van der Waals surface area contributed by atoms with E-state index in [4.69, 9.17) is 0 Å². The minimum Gasteiger partial charge on any atom is -0.392 e. The molecule has 0 bridgehead atoms. The van der Waals surface area contributed by atoms with Crippen LogP contribution in [0.25, 0.3) is 0 Å². The lowest BCUT2D eigenvalue weighted by molar-refractivity contribution is 0.123. The highest BCUT2D eigenvalue weighted by Crippen LogP contribution is 2.33. The molecule has 0 aromatic rings. The van der Waals surface area contributed by atoms with Crippen LogP contribution in [0.4, 0.5) is 0 Å². The normalized spacial score (nSPS) is 31.4. The summed E-state index contributed by atoms with van der Waals surface area (Å²) in [4.78, 5) is 0. The molecule has 1 aliphatic heterocycles. The lowest BCUT2D eigenvalue weighted by Crippen LogP contribution is -2.28. The van der Waals surface area contributed by atoms with Gasteiger partial charge in [0.2, 0.25) is 0 Å². The van der Waals surface area contributed by atoms with Gasteiger partial charge in [0, 0.05) is 5.25 Å². The lowest BCUT2D eigenvalue weighted by Gasteiger charge is -2.30. The van der Waals surface area contributed by atoms with Gasteiger partial charge in [-0.05, 0) is 30.9 Å². The summed E-state index contributed by atoms with van der Waals surface area (Å²) in [5.74, 6) is 2.10. The highest BCUT2D eigenvalue weighted by Gasteiger charge is 2.25. The maximum absolute atomic E-state index is 10.2. The second kappa shape index (κ2) is 6.15. The topological polar surface area (TPSA) is 20.2 Å². The Morgan fingerprint density at radius 3 is 2.40 bits per heavy atom. The predicted octanol–water partition coefficient (Wildman–Crippen LogP) is 3.60. The van der Waals surface area contributed by atoms with Crippen LogP contribution in [0.1, 0.15) is 57.8 Å². The van der Waals surface area contributed by atoms with E-state index in [1.54, 1.807) is 0 Å². The Labute approximate surface area is 98.0 Å². The van der Waals surface area contributed by atoms with Crippen LogP contribution in [0.5, 0.6) is 0 Å². The smallest absolute Gasteiger partial charge is 0.0661 e. The Balaban J connectivity index is 1.72. The van der Waals surface area contributed by atoms with Crippen molar-refractivity contribution in [2.45, 2.75) is 69.1 Å². The van der Waals surface area contributed by atoms with Crippen LogP contribution in [0.3, 0.4) is 0 Å². The summed E-state index contributed by atoms with van der Waals surface area (Å²) in [6.07, 6.45) is 12.0. The Bertz CT molecular complexity index is 171. The van der Waals surface area contributed by atoms with Gasteiger partial charge in [0.25, 0.3) is 0 Å². The maximum atomic E-state index is 10.2. The average molecular weight is 228 g/mol. The lowest BCUT2D eigenvalue weighted by atomic mass is 9.84. The molecule has 1 nitrogen and oxygen atoms in total. The summed E-state index contributed by atoms with van der Waals surface area (Å²) in [6.45, 7) is 0. The third kappa shape index (κ3) is 3.67. The Hall–Kier alpha value is 0.310. The molecule has 1 aliphatic carbocycles. The van der Waals surface area contributed by atoms with Gasteiger partial charge in [0.1, 0.15) is 0 Å². The molecule has 0 spiro atoms. The Morgan fingerprint density at radius 1 is 1.00 bits per heavy atom. The molecule has 0 radical (unpaired) electrons. The van der Waals surface area contributed by atoms with Crippen molar-refractivity contribution in [1.29, 1.82) is 0 Å². The van der Waals surface area contributed by atoms with E-state index in [1.807, 2.05) is 11.8 Å². The summed E-state index contributed by atoms with van der Waals surface area (Å²) in [5, 5.41) is 10.8. The molecule has 1 saturated carbocycles. The zero-order valence-corrected chi connectivity index (χ0v) is 10.5. The van der Waals surface area contributed by atoms with E-state index in [2.05, 4.69) is 0 Å². The molecule has 2 atom stereocenters. The molecule has 2 heteroatoms. The zero-order valence-electron chi connectivity index (χ0n) is 9.66. The van der Waals surface area contributed by atoms with Crippen LogP contribution in [-0.4, -0.2) is 22.2 Å². The fourth-order valence-corrected chi connectivity index (χ4v) is 4.33. The third-order valence-corrected chi connectivity index (χ3v) is 5.45. The summed E-state index contributed by atoms with van der Waals surface area (Å²) >= 11 is 2.01. The van der Waals surface area contributed by atoms with E-state index in [9.17, 15) is 5.11 Å². The number of hydrogen-bond donors (Lipinski definition) is 1. The van der Waals surface area contributed by atoms with Crippen LogP contribution in [0.15, 0.2) is 0 Å². The van der Waals surface area contributed by atoms with E-state index >= 15 is 0 Å². The molecule has 88 valence electrons. The first-order chi connectivity index (χ1) is 7.36. The van der Waals surface area contributed by atoms with E-state index in [0.29, 0.717) is 5.25 Å². The SMILES string of the molecule is OC(CC1CCCCC1)C1CCCCS1. The van der Waals surface area contributed by atoms with Gasteiger partial charge in [-0.25, -0.2) is 0 Å². The van der Waals surface area contributed by atoms with E-state index < -0.39 is 0 Å². The minimum atomic E-state index is -0.0154. The summed E-state index contributed by atoms with van der Waals surface area (Å²) in [5.41, 5.74) is 0. The highest BCUT2D eigenvalue weighted by atomic mass is 32.2. The molecule has 15 heavy (non-hydrogen) atoms. The molecular formula is C13H24OS. The van der Waals surface area contributed by atoms with E-state index in [1.165, 1.54) is 57.1 Å². The van der Waals surface area contributed by atoms with E-state index in [0.717, 1.165) is 12.3 Å². The van der Waals surface area contributed by atoms with Crippen molar-refractivity contribution in [1.82, 2.24) is 0 Å². The van der Waals surface area contributed by atoms with Crippen molar-refractivity contribution < 1.29 is 5.11 Å². The van der Waals surface area contributed by atoms with Gasteiger partial charge >= 0.3 is 0 Å². The average Bonchev–Trinajstić information content (AvgIpc) is 2.31. The van der Waals surface area contributed by atoms with Gasteiger partial charge in [-0.1, -0.05) is 38.5 Å². The predicted molar refractivity (Wildman–Crippen MR) is 67.3 cm³/mol. The molecule has 0 aromatic carbocycles. The van der Waals surface area contributed by atoms with Gasteiger partial charge in [0.15, 0.2) is 0 Å². The van der Waals surface area contributed by atoms with E-state index in [-0.39, 0.29) is 6.10 Å². The van der Waals surface area contributed by atoms with Crippen LogP contribution in [-0.2, 0) is 0 Å². The van der Waals surface area contributed by atoms with Crippen LogP contribution in [0.2, 0.25) is 0 Å². The number of aliphatic hydroxyl groups excluding tert-OH is 1. The molecule has 0 amide bonds. The standard InChI is InChI=1S/C13H24OS/c14-12(13-8-4-5-9-15-13)10-11-6-2-1-3-7-11/h11-14H,1-10H2. The number of thioether (sulfide) groups is 1. The van der Waals surface area contributed by atoms with Gasteiger partial charge in [-0.15, -0.1) is 0 Å². The Morgan fingerprint density at radius 2 is 1.73 bits per heavy atom. The first kappa shape index (κ1) is 11.8. The summed E-state index contributed by atoms with van der Waals surface area (Å²) < 4.78 is 0. The van der Waals surface area contributed by atoms with Gasteiger partial charge in [-0.2, -0.15) is 11.8 Å². The largest absolute Gasteiger partial charge is 0.392 e. The van der Waals surface area contributed by atoms with Gasteiger partial charge in [0.05, 0.1) is 6.10 Å². The fraction of sp³-hybridized carbons (Fsp3) is 1.00. The highest BCUT2D eigenvalue weighted by molar-refractivity contribution is 8.00. The van der Waals surface area contributed by atoms with Crippen LogP contribution in [0, 0.1) is 5.92 Å². The molecule has 2 fully saturated rings. The molecule has 1 saturated heterocycles. The van der Waals surface area contributed by atoms with Crippen LogP contribution >= 0.6 is 11.8 Å². The summed E-state index contributed by atoms with van der Waals surface area (Å²) in [7, 11) is 0. The first-order valence-corrected chi connectivity index (χ1v) is 7.71. The van der Waals surface area contributed by atoms with Crippen molar-refractivity contribution >= 4 is 11.8 Å². The minimum absolute atomic E-state index is 0.0154. The van der Waals surface area contributed by atoms with Crippen molar-refractivity contribution in [3.05, 3.63) is 0 Å². The molecule has 2 aliphatic rings. The fourth-order valence-electron chi connectivity index (χ4n) is 2.99. The van der Waals surface area contributed by atoms with Gasteiger partial charge < -0.3 is 5.11 Å². The van der Waals surface area contributed by atoms with Crippen molar-refractivity contribution in [2.24, 2.45) is 5.92 Å². The number of aliphatic hydroxyl groups is 1. The molecule has 1 N–H and O–H groups in total. The maximum Gasteiger partial charge on any atom is 0.0661 e. The third-order valence-electron chi connectivity index (χ3n) is 3.94.